The van der Waals surface area contributed by atoms with Crippen LogP contribution in [0.5, 0.6) is 0 Å². The third kappa shape index (κ3) is 4.82. The number of aryl methyl sites for hydroxylation is 1. The number of halogens is 2. The zero-order valence-electron chi connectivity index (χ0n) is 20.4. The first-order valence-electron chi connectivity index (χ1n) is 12.0. The molecule has 9 nitrogen and oxygen atoms in total. The number of anilines is 1. The molecule has 0 spiro atoms. The number of nitriles is 1. The van der Waals surface area contributed by atoms with Crippen LogP contribution >= 0.6 is 0 Å². The van der Waals surface area contributed by atoms with Crippen LogP contribution in [0, 0.1) is 29.9 Å². The van der Waals surface area contributed by atoms with Crippen molar-refractivity contribution in [3.63, 3.8) is 0 Å². The highest BCUT2D eigenvalue weighted by Gasteiger charge is 2.35. The van der Waals surface area contributed by atoms with Crippen LogP contribution in [0.25, 0.3) is 22.4 Å². The lowest BCUT2D eigenvalue weighted by molar-refractivity contribution is 0.00444. The van der Waals surface area contributed by atoms with Crippen molar-refractivity contribution in [2.75, 3.05) is 5.32 Å². The third-order valence-electron chi connectivity index (χ3n) is 6.71. The average Bonchev–Trinajstić information content (AvgIpc) is 3.25. The first-order valence-corrected chi connectivity index (χ1v) is 13.4. The second kappa shape index (κ2) is 9.74. The van der Waals surface area contributed by atoms with Crippen molar-refractivity contribution in [1.29, 1.82) is 5.26 Å². The molecular weight excluding hydrogens is 514 g/mol. The number of nitrogens with zero attached hydrogens (tertiary/aromatic N) is 5. The maximum absolute atomic E-state index is 14.7. The lowest BCUT2D eigenvalue weighted by Gasteiger charge is -2.35. The molecule has 1 unspecified atom stereocenters. The van der Waals surface area contributed by atoms with E-state index in [1.165, 1.54) is 18.3 Å². The summed E-state index contributed by atoms with van der Waals surface area (Å²) in [5, 5.41) is 22.8. The van der Waals surface area contributed by atoms with Crippen LogP contribution in [0.2, 0.25) is 0 Å². The second-order valence-corrected chi connectivity index (χ2v) is 11.4. The Bertz CT molecular complexity index is 1670. The van der Waals surface area contributed by atoms with Gasteiger partial charge in [-0.15, -0.1) is 0 Å². The molecule has 3 aromatic heterocycles. The third-order valence-corrected chi connectivity index (χ3v) is 8.38. The molecule has 1 fully saturated rings. The molecule has 3 heterocycles. The minimum absolute atomic E-state index is 0.0159. The summed E-state index contributed by atoms with van der Waals surface area (Å²) in [5.41, 5.74) is -0.169. The number of aromatic nitrogens is 4. The number of rotatable bonds is 6. The zero-order valence-corrected chi connectivity index (χ0v) is 21.2. The summed E-state index contributed by atoms with van der Waals surface area (Å²) in [6, 6.07) is 9.03. The summed E-state index contributed by atoms with van der Waals surface area (Å²) in [5.74, 6) is -1.62. The lowest BCUT2D eigenvalue weighted by atomic mass is 9.80. The van der Waals surface area contributed by atoms with Gasteiger partial charge in [0.15, 0.2) is 23.1 Å². The van der Waals surface area contributed by atoms with E-state index in [2.05, 4.69) is 20.3 Å². The van der Waals surface area contributed by atoms with E-state index in [0.29, 0.717) is 19.3 Å². The first kappa shape index (κ1) is 25.7. The van der Waals surface area contributed by atoms with Gasteiger partial charge in [0.25, 0.3) is 10.0 Å². The van der Waals surface area contributed by atoms with E-state index >= 15 is 0 Å². The number of fused-ring (bicyclic) bond motifs is 1. The second-order valence-electron chi connectivity index (χ2n) is 9.57. The maximum Gasteiger partial charge on any atom is 0.269 e. The Kier molecular flexibility index (Phi) is 6.58. The van der Waals surface area contributed by atoms with Gasteiger partial charge in [-0.05, 0) is 50.8 Å². The molecule has 2 atom stereocenters. The fourth-order valence-corrected chi connectivity index (χ4v) is 6.13. The number of benzene rings is 1. The molecule has 0 bridgehead atoms. The lowest BCUT2D eigenvalue weighted by Crippen LogP contribution is -2.40. The van der Waals surface area contributed by atoms with Crippen LogP contribution in [0.15, 0.2) is 53.8 Å². The van der Waals surface area contributed by atoms with Crippen molar-refractivity contribution < 1.29 is 22.3 Å². The van der Waals surface area contributed by atoms with Gasteiger partial charge in [0.1, 0.15) is 5.82 Å². The SMILES string of the molecule is Cc1ccc(S(=O)(=O)n2cc(-c3ncc(F)c(NC4CCC[C@@](O)(CC#N)C4)n3)c3cc(F)cnc32)cc1. The van der Waals surface area contributed by atoms with Crippen LogP contribution in [0.1, 0.15) is 37.7 Å². The number of aliphatic hydroxyl groups is 1. The van der Waals surface area contributed by atoms with Gasteiger partial charge in [-0.3, -0.25) is 0 Å². The topological polar surface area (TPSA) is 134 Å². The van der Waals surface area contributed by atoms with Crippen molar-refractivity contribution in [1.82, 2.24) is 18.9 Å². The fourth-order valence-electron chi connectivity index (χ4n) is 4.80. The van der Waals surface area contributed by atoms with Gasteiger partial charge in [-0.25, -0.2) is 36.1 Å². The van der Waals surface area contributed by atoms with Gasteiger partial charge < -0.3 is 10.4 Å². The largest absolute Gasteiger partial charge is 0.389 e. The highest BCUT2D eigenvalue weighted by molar-refractivity contribution is 7.90. The summed E-state index contributed by atoms with van der Waals surface area (Å²) in [7, 11) is -4.11. The predicted molar refractivity (Wildman–Crippen MR) is 135 cm³/mol. The zero-order chi connectivity index (χ0) is 27.1. The van der Waals surface area contributed by atoms with Crippen LogP contribution in [-0.2, 0) is 10.0 Å². The van der Waals surface area contributed by atoms with Crippen LogP contribution < -0.4 is 5.32 Å². The predicted octanol–water partition coefficient (Wildman–Crippen LogP) is 4.32. The van der Waals surface area contributed by atoms with E-state index in [9.17, 15) is 22.3 Å². The molecule has 2 N–H and O–H groups in total. The smallest absolute Gasteiger partial charge is 0.269 e. The molecule has 0 aliphatic heterocycles. The standard InChI is InChI=1S/C26H24F2N6O3S/c1-16-4-6-19(7-5-16)38(36,37)34-15-21(20-11-17(27)13-31-25(20)34)23-30-14-22(28)24(33-23)32-18-3-2-8-26(35,12-18)9-10-29/h4-7,11,13-15,18,35H,2-3,8-9,12H2,1H3,(H,30,32,33)/t18?,26-/m1/s1. The van der Waals surface area contributed by atoms with Crippen molar-refractivity contribution in [2.45, 2.75) is 55.6 Å². The monoisotopic (exact) mass is 538 g/mol. The summed E-state index contributed by atoms with van der Waals surface area (Å²) in [6.07, 6.45) is 5.06. The van der Waals surface area contributed by atoms with Gasteiger partial charge in [0.2, 0.25) is 0 Å². The van der Waals surface area contributed by atoms with Crippen LogP contribution in [0.3, 0.4) is 0 Å². The molecule has 0 radical (unpaired) electrons. The Morgan fingerprint density at radius 2 is 2.00 bits per heavy atom. The quantitative estimate of drug-likeness (QED) is 0.371. The molecule has 196 valence electrons. The van der Waals surface area contributed by atoms with E-state index < -0.39 is 27.3 Å². The number of pyridine rings is 1. The number of hydrogen-bond donors (Lipinski definition) is 2. The van der Waals surface area contributed by atoms with Crippen molar-refractivity contribution in [3.05, 3.63) is 66.1 Å². The van der Waals surface area contributed by atoms with E-state index in [1.54, 1.807) is 12.1 Å². The van der Waals surface area contributed by atoms with Gasteiger partial charge in [0.05, 0.1) is 35.4 Å². The normalized spacial score (nSPS) is 19.8. The molecule has 4 aromatic rings. The number of nitrogens with one attached hydrogen (secondary N) is 1. The molecule has 1 aliphatic rings. The van der Waals surface area contributed by atoms with Gasteiger partial charge in [-0.1, -0.05) is 17.7 Å². The molecule has 0 saturated heterocycles. The van der Waals surface area contributed by atoms with E-state index in [4.69, 9.17) is 5.26 Å². The Balaban J connectivity index is 1.56. The summed E-state index contributed by atoms with van der Waals surface area (Å²) >= 11 is 0. The minimum Gasteiger partial charge on any atom is -0.389 e. The summed E-state index contributed by atoms with van der Waals surface area (Å²) < 4.78 is 56.8. The highest BCUT2D eigenvalue weighted by atomic mass is 32.2. The van der Waals surface area contributed by atoms with Gasteiger partial charge >= 0.3 is 0 Å². The number of hydrogen-bond acceptors (Lipinski definition) is 8. The van der Waals surface area contributed by atoms with E-state index in [0.717, 1.165) is 28.0 Å². The molecule has 38 heavy (non-hydrogen) atoms. The molecule has 5 rings (SSSR count). The minimum atomic E-state index is -4.11. The average molecular weight is 539 g/mol. The Morgan fingerprint density at radius 3 is 2.74 bits per heavy atom. The molecule has 0 amide bonds. The Hall–Kier alpha value is -3.95. The van der Waals surface area contributed by atoms with Crippen molar-refractivity contribution in [2.24, 2.45) is 0 Å². The Labute approximate surface area is 217 Å². The van der Waals surface area contributed by atoms with Crippen LogP contribution in [0.4, 0.5) is 14.6 Å². The van der Waals surface area contributed by atoms with Crippen molar-refractivity contribution in [3.8, 4) is 17.5 Å². The summed E-state index contributed by atoms with van der Waals surface area (Å²) in [4.78, 5) is 12.4. The Morgan fingerprint density at radius 1 is 1.24 bits per heavy atom. The van der Waals surface area contributed by atoms with Gasteiger partial charge in [0, 0.05) is 23.2 Å². The molecule has 1 saturated carbocycles. The van der Waals surface area contributed by atoms with Crippen LogP contribution in [-0.4, -0.2) is 44.1 Å². The maximum atomic E-state index is 14.7. The fraction of sp³-hybridized carbons (Fsp3) is 0.308. The van der Waals surface area contributed by atoms with Gasteiger partial charge in [-0.2, -0.15) is 5.26 Å². The highest BCUT2D eigenvalue weighted by Crippen LogP contribution is 2.34. The van der Waals surface area contributed by atoms with E-state index in [-0.39, 0.29) is 52.0 Å². The van der Waals surface area contributed by atoms with E-state index in [1.807, 2.05) is 13.0 Å². The molecule has 1 aliphatic carbocycles. The van der Waals surface area contributed by atoms with Crippen molar-refractivity contribution >= 4 is 26.9 Å². The molecular formula is C26H24F2N6O3S. The summed E-state index contributed by atoms with van der Waals surface area (Å²) in [6.45, 7) is 1.83. The molecule has 12 heteroatoms. The first-order chi connectivity index (χ1) is 18.1. The molecule has 1 aromatic carbocycles.